The van der Waals surface area contributed by atoms with Crippen molar-refractivity contribution in [1.29, 1.82) is 0 Å². The Morgan fingerprint density at radius 2 is 1.74 bits per heavy atom. The quantitative estimate of drug-likeness (QED) is 0.721. The van der Waals surface area contributed by atoms with Crippen LogP contribution in [0.4, 0.5) is 0 Å². The number of rotatable bonds is 4. The van der Waals surface area contributed by atoms with Crippen molar-refractivity contribution in [2.24, 2.45) is 0 Å². The zero-order valence-corrected chi connectivity index (χ0v) is 15.9. The first-order valence-corrected chi connectivity index (χ1v) is 8.33. The van der Waals surface area contributed by atoms with E-state index in [1.165, 1.54) is 7.11 Å². The number of furan rings is 1. The van der Waals surface area contributed by atoms with E-state index < -0.39 is 17.9 Å². The highest BCUT2D eigenvalue weighted by Gasteiger charge is 2.27. The Bertz CT molecular complexity index is 737. The molecule has 1 N–H and O–H groups in total. The fourth-order valence-electron chi connectivity index (χ4n) is 2.17. The molecule has 1 atom stereocenters. The van der Waals surface area contributed by atoms with Gasteiger partial charge < -0.3 is 14.5 Å². The van der Waals surface area contributed by atoms with E-state index in [1.54, 1.807) is 38.1 Å². The van der Waals surface area contributed by atoms with Gasteiger partial charge in [0, 0.05) is 4.47 Å². The number of amides is 1. The lowest BCUT2D eigenvalue weighted by Crippen LogP contribution is -2.34. The first-order valence-electron chi connectivity index (χ1n) is 6.74. The fraction of sp³-hybridized carbons (Fsp3) is 0.250. The molecule has 0 saturated heterocycles. The van der Waals surface area contributed by atoms with E-state index in [-0.39, 0.29) is 0 Å². The summed E-state index contributed by atoms with van der Waals surface area (Å²) in [5, 5.41) is 2.70. The molecule has 122 valence electrons. The molecule has 0 aliphatic heterocycles. The van der Waals surface area contributed by atoms with E-state index >= 15 is 0 Å². The molecule has 2 aromatic rings. The van der Waals surface area contributed by atoms with Crippen molar-refractivity contribution in [3.8, 4) is 0 Å². The molecule has 5 nitrogen and oxygen atoms in total. The minimum Gasteiger partial charge on any atom is -0.467 e. The molecule has 0 radical (unpaired) electrons. The van der Waals surface area contributed by atoms with Gasteiger partial charge in [-0.3, -0.25) is 4.79 Å². The van der Waals surface area contributed by atoms with Gasteiger partial charge in [0.25, 0.3) is 5.91 Å². The SMILES string of the molecule is COC(=O)C(NC(=O)c1c(C)oc(C)c1Br)c1ccc(Br)cc1. The summed E-state index contributed by atoms with van der Waals surface area (Å²) >= 11 is 6.67. The molecule has 1 unspecified atom stereocenters. The summed E-state index contributed by atoms with van der Waals surface area (Å²) in [5.41, 5.74) is 0.996. The maximum Gasteiger partial charge on any atom is 0.333 e. The van der Waals surface area contributed by atoms with Gasteiger partial charge in [0.1, 0.15) is 11.5 Å². The first-order chi connectivity index (χ1) is 10.8. The molecule has 0 aliphatic carbocycles. The molecule has 1 aromatic carbocycles. The number of halogens is 2. The normalized spacial score (nSPS) is 11.9. The molecule has 1 amide bonds. The number of carbonyl (C=O) groups excluding carboxylic acids is 2. The van der Waals surface area contributed by atoms with Crippen molar-refractivity contribution in [3.63, 3.8) is 0 Å². The van der Waals surface area contributed by atoms with Crippen LogP contribution < -0.4 is 5.32 Å². The van der Waals surface area contributed by atoms with Crippen LogP contribution in [-0.2, 0) is 9.53 Å². The number of ether oxygens (including phenoxy) is 1. The van der Waals surface area contributed by atoms with Gasteiger partial charge in [-0.2, -0.15) is 0 Å². The Morgan fingerprint density at radius 1 is 1.13 bits per heavy atom. The van der Waals surface area contributed by atoms with Crippen molar-refractivity contribution >= 4 is 43.7 Å². The summed E-state index contributed by atoms with van der Waals surface area (Å²) in [5.74, 6) is 0.122. The highest BCUT2D eigenvalue weighted by atomic mass is 79.9. The van der Waals surface area contributed by atoms with Gasteiger partial charge in [-0.1, -0.05) is 28.1 Å². The molecule has 7 heteroatoms. The lowest BCUT2D eigenvalue weighted by atomic mass is 10.1. The lowest BCUT2D eigenvalue weighted by Gasteiger charge is -2.17. The van der Waals surface area contributed by atoms with Crippen LogP contribution in [0.3, 0.4) is 0 Å². The van der Waals surface area contributed by atoms with E-state index in [0.29, 0.717) is 27.1 Å². The molecule has 23 heavy (non-hydrogen) atoms. The van der Waals surface area contributed by atoms with Crippen molar-refractivity contribution < 1.29 is 18.7 Å². The third kappa shape index (κ3) is 3.84. The topological polar surface area (TPSA) is 68.5 Å². The summed E-state index contributed by atoms with van der Waals surface area (Å²) in [4.78, 5) is 24.6. The van der Waals surface area contributed by atoms with E-state index in [9.17, 15) is 9.59 Å². The van der Waals surface area contributed by atoms with Gasteiger partial charge in [-0.15, -0.1) is 0 Å². The first kappa shape index (κ1) is 17.7. The highest BCUT2D eigenvalue weighted by molar-refractivity contribution is 9.10. The van der Waals surface area contributed by atoms with Crippen molar-refractivity contribution in [2.45, 2.75) is 19.9 Å². The van der Waals surface area contributed by atoms with Crippen LogP contribution in [0.1, 0.15) is 33.5 Å². The Labute approximate surface area is 150 Å². The molecular formula is C16H15Br2NO4. The molecule has 0 aliphatic rings. The molecule has 0 saturated carbocycles. The molecule has 0 fully saturated rings. The summed E-state index contributed by atoms with van der Waals surface area (Å²) in [7, 11) is 1.28. The molecular weight excluding hydrogens is 430 g/mol. The number of methoxy groups -OCH3 is 1. The van der Waals surface area contributed by atoms with Gasteiger partial charge in [-0.25, -0.2) is 4.79 Å². The predicted molar refractivity (Wildman–Crippen MR) is 92.2 cm³/mol. The highest BCUT2D eigenvalue weighted by Crippen LogP contribution is 2.28. The van der Waals surface area contributed by atoms with Gasteiger partial charge >= 0.3 is 5.97 Å². The second kappa shape index (κ2) is 7.31. The summed E-state index contributed by atoms with van der Waals surface area (Å²) < 4.78 is 11.7. The van der Waals surface area contributed by atoms with E-state index in [2.05, 4.69) is 37.2 Å². The van der Waals surface area contributed by atoms with E-state index in [1.807, 2.05) is 0 Å². The van der Waals surface area contributed by atoms with Crippen LogP contribution in [0, 0.1) is 13.8 Å². The van der Waals surface area contributed by atoms with Crippen LogP contribution >= 0.6 is 31.9 Å². The molecule has 2 rings (SSSR count). The van der Waals surface area contributed by atoms with Gasteiger partial charge in [0.15, 0.2) is 6.04 Å². The maximum atomic E-state index is 12.6. The molecule has 1 heterocycles. The molecule has 0 bridgehead atoms. The molecule has 1 aromatic heterocycles. The third-order valence-corrected chi connectivity index (χ3v) is 4.81. The van der Waals surface area contributed by atoms with Gasteiger partial charge in [0.05, 0.1) is 17.1 Å². The summed E-state index contributed by atoms with van der Waals surface area (Å²) in [6, 6.07) is 6.17. The summed E-state index contributed by atoms with van der Waals surface area (Å²) in [6.45, 7) is 3.44. The number of benzene rings is 1. The Hall–Kier alpha value is -1.60. The Balaban J connectivity index is 2.33. The standard InChI is InChI=1S/C16H15Br2NO4/c1-8-12(13(18)9(2)23-8)15(20)19-14(16(21)22-3)10-4-6-11(17)7-5-10/h4-7,14H,1-3H3,(H,19,20). The zero-order valence-electron chi connectivity index (χ0n) is 12.8. The minimum atomic E-state index is -0.901. The van der Waals surface area contributed by atoms with Crippen LogP contribution in [0.15, 0.2) is 37.6 Å². The van der Waals surface area contributed by atoms with Crippen LogP contribution in [0.5, 0.6) is 0 Å². The second-order valence-corrected chi connectivity index (χ2v) is 6.59. The van der Waals surface area contributed by atoms with Crippen molar-refractivity contribution in [3.05, 3.63) is 55.9 Å². The van der Waals surface area contributed by atoms with Crippen LogP contribution in [0.2, 0.25) is 0 Å². The third-order valence-electron chi connectivity index (χ3n) is 3.33. The predicted octanol–water partition coefficient (Wildman–Crippen LogP) is 4.07. The van der Waals surface area contributed by atoms with Gasteiger partial charge in [-0.05, 0) is 47.5 Å². The zero-order chi connectivity index (χ0) is 17.1. The lowest BCUT2D eigenvalue weighted by molar-refractivity contribution is -0.143. The number of carbonyl (C=O) groups is 2. The number of nitrogens with one attached hydrogen (secondary N) is 1. The van der Waals surface area contributed by atoms with Crippen molar-refractivity contribution in [1.82, 2.24) is 5.32 Å². The number of esters is 1. The Morgan fingerprint density at radius 3 is 2.22 bits per heavy atom. The number of hydrogen-bond donors (Lipinski definition) is 1. The smallest absolute Gasteiger partial charge is 0.333 e. The van der Waals surface area contributed by atoms with Crippen molar-refractivity contribution in [2.75, 3.05) is 7.11 Å². The average Bonchev–Trinajstić information content (AvgIpc) is 2.78. The Kier molecular flexibility index (Phi) is 5.64. The average molecular weight is 445 g/mol. The fourth-order valence-corrected chi connectivity index (χ4v) is 2.97. The second-order valence-electron chi connectivity index (χ2n) is 4.88. The monoisotopic (exact) mass is 443 g/mol. The van der Waals surface area contributed by atoms with E-state index in [4.69, 9.17) is 9.15 Å². The minimum absolute atomic E-state index is 0.369. The molecule has 0 spiro atoms. The van der Waals surface area contributed by atoms with Crippen LogP contribution in [-0.4, -0.2) is 19.0 Å². The maximum absolute atomic E-state index is 12.6. The number of hydrogen-bond acceptors (Lipinski definition) is 4. The van der Waals surface area contributed by atoms with E-state index in [0.717, 1.165) is 4.47 Å². The summed E-state index contributed by atoms with van der Waals surface area (Å²) in [6.07, 6.45) is 0. The van der Waals surface area contributed by atoms with Crippen LogP contribution in [0.25, 0.3) is 0 Å². The largest absolute Gasteiger partial charge is 0.467 e. The number of aryl methyl sites for hydroxylation is 2. The van der Waals surface area contributed by atoms with Gasteiger partial charge in [0.2, 0.25) is 0 Å².